The second-order valence-electron chi connectivity index (χ2n) is 6.16. The van der Waals surface area contributed by atoms with Crippen LogP contribution in [-0.4, -0.2) is 27.7 Å². The van der Waals surface area contributed by atoms with Crippen molar-refractivity contribution in [2.24, 2.45) is 0 Å². The number of H-pyrrole nitrogens is 2. The molecule has 2 aromatic heterocycles. The molecule has 0 bridgehead atoms. The molecule has 1 aliphatic rings. The monoisotopic (exact) mass is 338 g/mol. The number of rotatable bonds is 3. The molecule has 1 aliphatic heterocycles. The maximum absolute atomic E-state index is 12.8. The summed E-state index contributed by atoms with van der Waals surface area (Å²) in [5, 5.41) is 10.5. The number of ether oxygens (including phenoxy) is 1. The second kappa shape index (κ2) is 6.18. The molecule has 7 heteroatoms. The van der Waals surface area contributed by atoms with E-state index in [4.69, 9.17) is 4.74 Å². The Kier molecular flexibility index (Phi) is 3.85. The van der Waals surface area contributed by atoms with Crippen LogP contribution >= 0.6 is 0 Å². The van der Waals surface area contributed by atoms with Gasteiger partial charge in [-0.2, -0.15) is 5.10 Å². The number of para-hydroxylation sites is 1. The van der Waals surface area contributed by atoms with Crippen molar-refractivity contribution in [3.63, 3.8) is 0 Å². The van der Waals surface area contributed by atoms with Crippen LogP contribution in [0, 0.1) is 6.92 Å². The van der Waals surface area contributed by atoms with Crippen molar-refractivity contribution in [3.8, 4) is 0 Å². The van der Waals surface area contributed by atoms with Crippen molar-refractivity contribution < 1.29 is 9.53 Å². The number of hydrogen-bond donors (Lipinski definition) is 3. The molecule has 1 aromatic carbocycles. The first-order chi connectivity index (χ1) is 12.1. The number of nitrogens with zero attached hydrogens (tertiary/aromatic N) is 1. The number of anilines is 1. The van der Waals surface area contributed by atoms with Crippen LogP contribution in [0.3, 0.4) is 0 Å². The molecule has 128 valence electrons. The Morgan fingerprint density at radius 1 is 1.36 bits per heavy atom. The number of carbonyl (C=O) groups excluding carboxylic acids is 1. The highest BCUT2D eigenvalue weighted by atomic mass is 16.5. The lowest BCUT2D eigenvalue weighted by Crippen LogP contribution is -2.21. The van der Waals surface area contributed by atoms with Crippen molar-refractivity contribution in [2.45, 2.75) is 25.9 Å². The van der Waals surface area contributed by atoms with Crippen molar-refractivity contribution >= 4 is 22.6 Å². The minimum absolute atomic E-state index is 0.000267. The Labute approximate surface area is 143 Å². The molecule has 7 nitrogen and oxygen atoms in total. The van der Waals surface area contributed by atoms with E-state index in [-0.39, 0.29) is 17.6 Å². The van der Waals surface area contributed by atoms with E-state index in [0.717, 1.165) is 25.1 Å². The number of amides is 1. The molecule has 0 radical (unpaired) electrons. The molecule has 3 aromatic rings. The van der Waals surface area contributed by atoms with E-state index in [9.17, 15) is 9.59 Å². The minimum atomic E-state index is -0.356. The minimum Gasteiger partial charge on any atom is -0.372 e. The molecule has 0 saturated carbocycles. The molecule has 3 heterocycles. The van der Waals surface area contributed by atoms with Gasteiger partial charge in [-0.15, -0.1) is 0 Å². The van der Waals surface area contributed by atoms with Crippen LogP contribution < -0.4 is 10.9 Å². The zero-order valence-corrected chi connectivity index (χ0v) is 13.8. The van der Waals surface area contributed by atoms with Gasteiger partial charge in [0.2, 0.25) is 0 Å². The predicted molar refractivity (Wildman–Crippen MR) is 93.8 cm³/mol. The fourth-order valence-electron chi connectivity index (χ4n) is 3.20. The van der Waals surface area contributed by atoms with Gasteiger partial charge in [0.25, 0.3) is 11.5 Å². The van der Waals surface area contributed by atoms with Crippen LogP contribution in [-0.2, 0) is 4.74 Å². The summed E-state index contributed by atoms with van der Waals surface area (Å²) in [5.41, 5.74) is 1.95. The van der Waals surface area contributed by atoms with Crippen LogP contribution in [0.4, 0.5) is 5.82 Å². The van der Waals surface area contributed by atoms with Crippen LogP contribution in [0.15, 0.2) is 35.1 Å². The maximum Gasteiger partial charge on any atom is 0.258 e. The standard InChI is InChI=1S/C18H18N4O3/c1-10-16(11-5-2-3-6-12(11)19-17(10)23)18(24)20-15-9-13(21-22-15)14-7-4-8-25-14/h2-3,5-6,9,14H,4,7-8H2,1H3,(H,19,23)(H2,20,21,22,24). The van der Waals surface area contributed by atoms with Crippen molar-refractivity contribution in [2.75, 3.05) is 11.9 Å². The lowest BCUT2D eigenvalue weighted by Gasteiger charge is -2.09. The van der Waals surface area contributed by atoms with E-state index in [1.165, 1.54) is 0 Å². The summed E-state index contributed by atoms with van der Waals surface area (Å²) in [5.74, 6) is 0.0597. The van der Waals surface area contributed by atoms with Gasteiger partial charge >= 0.3 is 0 Å². The Hall–Kier alpha value is -2.93. The van der Waals surface area contributed by atoms with Crippen LogP contribution in [0.5, 0.6) is 0 Å². The highest BCUT2D eigenvalue weighted by Crippen LogP contribution is 2.28. The molecule has 0 spiro atoms. The third kappa shape index (κ3) is 2.83. The number of nitrogens with one attached hydrogen (secondary N) is 3. The lowest BCUT2D eigenvalue weighted by molar-refractivity contribution is 0.102. The number of aromatic amines is 2. The summed E-state index contributed by atoms with van der Waals surface area (Å²) >= 11 is 0. The highest BCUT2D eigenvalue weighted by molar-refractivity contribution is 6.13. The number of benzene rings is 1. The van der Waals surface area contributed by atoms with Gasteiger partial charge in [0, 0.05) is 29.1 Å². The van der Waals surface area contributed by atoms with E-state index in [1.807, 2.05) is 18.2 Å². The van der Waals surface area contributed by atoms with Crippen molar-refractivity contribution in [3.05, 3.63) is 57.5 Å². The van der Waals surface area contributed by atoms with E-state index >= 15 is 0 Å². The molecule has 25 heavy (non-hydrogen) atoms. The predicted octanol–water partition coefficient (Wildman–Crippen LogP) is 2.66. The van der Waals surface area contributed by atoms with E-state index in [2.05, 4.69) is 20.5 Å². The molecule has 1 unspecified atom stereocenters. The van der Waals surface area contributed by atoms with Gasteiger partial charge in [-0.05, 0) is 25.8 Å². The van der Waals surface area contributed by atoms with Gasteiger partial charge in [0.15, 0.2) is 5.82 Å². The first-order valence-electron chi connectivity index (χ1n) is 8.23. The highest BCUT2D eigenvalue weighted by Gasteiger charge is 2.21. The molecule has 1 saturated heterocycles. The third-order valence-electron chi connectivity index (χ3n) is 4.50. The summed E-state index contributed by atoms with van der Waals surface area (Å²) in [6.07, 6.45) is 1.96. The van der Waals surface area contributed by atoms with Gasteiger partial charge in [-0.25, -0.2) is 0 Å². The second-order valence-corrected chi connectivity index (χ2v) is 6.16. The third-order valence-corrected chi connectivity index (χ3v) is 4.50. The van der Waals surface area contributed by atoms with Crippen molar-refractivity contribution in [1.29, 1.82) is 0 Å². The fraction of sp³-hybridized carbons (Fsp3) is 0.278. The summed E-state index contributed by atoms with van der Waals surface area (Å²) in [6, 6.07) is 9.02. The van der Waals surface area contributed by atoms with Crippen molar-refractivity contribution in [1.82, 2.24) is 15.2 Å². The molecule has 0 aliphatic carbocycles. The Morgan fingerprint density at radius 3 is 3.00 bits per heavy atom. The van der Waals surface area contributed by atoms with Gasteiger partial charge in [-0.3, -0.25) is 14.7 Å². The summed E-state index contributed by atoms with van der Waals surface area (Å²) < 4.78 is 5.61. The Bertz CT molecular complexity index is 999. The number of fused-ring (bicyclic) bond motifs is 1. The number of hydrogen-bond acceptors (Lipinski definition) is 4. The topological polar surface area (TPSA) is 99.9 Å². The van der Waals surface area contributed by atoms with E-state index in [0.29, 0.717) is 27.8 Å². The summed E-state index contributed by atoms with van der Waals surface area (Å²) in [7, 11) is 0. The number of pyridine rings is 1. The molecule has 4 rings (SSSR count). The first-order valence-corrected chi connectivity index (χ1v) is 8.23. The molecular formula is C18H18N4O3. The smallest absolute Gasteiger partial charge is 0.258 e. The first kappa shape index (κ1) is 15.6. The zero-order valence-electron chi connectivity index (χ0n) is 13.8. The largest absolute Gasteiger partial charge is 0.372 e. The Morgan fingerprint density at radius 2 is 2.20 bits per heavy atom. The number of carbonyl (C=O) groups is 1. The van der Waals surface area contributed by atoms with Gasteiger partial charge in [0.1, 0.15) is 0 Å². The summed E-state index contributed by atoms with van der Waals surface area (Å²) in [6.45, 7) is 2.38. The average molecular weight is 338 g/mol. The SMILES string of the molecule is Cc1c(C(=O)Nc2cc(C3CCCO3)[nH]n2)c2ccccc2[nH]c1=O. The zero-order chi connectivity index (χ0) is 17.4. The molecule has 3 N–H and O–H groups in total. The quantitative estimate of drug-likeness (QED) is 0.683. The molecule has 1 fully saturated rings. The van der Waals surface area contributed by atoms with Crippen LogP contribution in [0.1, 0.15) is 40.6 Å². The lowest BCUT2D eigenvalue weighted by atomic mass is 10.0. The molecular weight excluding hydrogens is 320 g/mol. The normalized spacial score (nSPS) is 17.1. The van der Waals surface area contributed by atoms with Crippen LogP contribution in [0.2, 0.25) is 0 Å². The molecule has 1 amide bonds. The van der Waals surface area contributed by atoms with E-state index in [1.54, 1.807) is 19.1 Å². The maximum atomic E-state index is 12.8. The van der Waals surface area contributed by atoms with Gasteiger partial charge < -0.3 is 15.0 Å². The van der Waals surface area contributed by atoms with Gasteiger partial charge in [-0.1, -0.05) is 18.2 Å². The van der Waals surface area contributed by atoms with Crippen LogP contribution in [0.25, 0.3) is 10.9 Å². The average Bonchev–Trinajstić information content (AvgIpc) is 3.27. The molecule has 1 atom stereocenters. The fourth-order valence-corrected chi connectivity index (χ4v) is 3.20. The Balaban J connectivity index is 1.66. The number of aromatic nitrogens is 3. The van der Waals surface area contributed by atoms with Gasteiger partial charge in [0.05, 0.1) is 17.4 Å². The van der Waals surface area contributed by atoms with E-state index < -0.39 is 0 Å². The summed E-state index contributed by atoms with van der Waals surface area (Å²) in [4.78, 5) is 27.7.